The Bertz CT molecular complexity index is 748. The predicted molar refractivity (Wildman–Crippen MR) is 111 cm³/mol. The molecule has 1 aromatic carbocycles. The van der Waals surface area contributed by atoms with Gasteiger partial charge in [0.2, 0.25) is 11.8 Å². The van der Waals surface area contributed by atoms with Crippen LogP contribution in [0.15, 0.2) is 24.3 Å². The number of ether oxygens (including phenoxy) is 1. The van der Waals surface area contributed by atoms with Crippen LogP contribution in [-0.2, 0) is 14.3 Å². The summed E-state index contributed by atoms with van der Waals surface area (Å²) in [6.45, 7) is 8.49. The Balaban J connectivity index is 1.48. The Kier molecular flexibility index (Phi) is 7.03. The lowest BCUT2D eigenvalue weighted by Crippen LogP contribution is -2.51. The molecular formula is C22H31N3O4. The number of anilines is 1. The molecule has 0 saturated carbocycles. The van der Waals surface area contributed by atoms with Gasteiger partial charge in [0.05, 0.1) is 24.4 Å². The average molecular weight is 402 g/mol. The van der Waals surface area contributed by atoms with Crippen LogP contribution in [0.5, 0.6) is 0 Å². The van der Waals surface area contributed by atoms with Crippen molar-refractivity contribution >= 4 is 23.3 Å². The van der Waals surface area contributed by atoms with Crippen LogP contribution in [0.3, 0.4) is 0 Å². The summed E-state index contributed by atoms with van der Waals surface area (Å²) in [5.41, 5.74) is 1.06. The zero-order valence-corrected chi connectivity index (χ0v) is 17.5. The summed E-state index contributed by atoms with van der Waals surface area (Å²) in [6, 6.07) is 7.03. The minimum atomic E-state index is -0.140. The van der Waals surface area contributed by atoms with Crippen LogP contribution in [0.2, 0.25) is 0 Å². The molecule has 0 bridgehead atoms. The van der Waals surface area contributed by atoms with Crippen molar-refractivity contribution in [3.63, 3.8) is 0 Å². The van der Waals surface area contributed by atoms with E-state index in [1.807, 2.05) is 18.7 Å². The van der Waals surface area contributed by atoms with Crippen molar-refractivity contribution in [2.45, 2.75) is 45.8 Å². The van der Waals surface area contributed by atoms with E-state index in [-0.39, 0.29) is 42.3 Å². The Labute approximate surface area is 172 Å². The molecule has 0 aliphatic carbocycles. The van der Waals surface area contributed by atoms with Crippen LogP contribution in [0, 0.1) is 5.92 Å². The molecule has 0 radical (unpaired) electrons. The predicted octanol–water partition coefficient (Wildman–Crippen LogP) is 2.18. The fraction of sp³-hybridized carbons (Fsp3) is 0.591. The molecule has 29 heavy (non-hydrogen) atoms. The van der Waals surface area contributed by atoms with Gasteiger partial charge in [0.15, 0.2) is 5.78 Å². The normalized spacial score (nSPS) is 23.6. The first-order valence-electron chi connectivity index (χ1n) is 10.4. The summed E-state index contributed by atoms with van der Waals surface area (Å²) in [7, 11) is 0. The lowest BCUT2D eigenvalue weighted by Gasteiger charge is -2.39. The zero-order chi connectivity index (χ0) is 21.0. The smallest absolute Gasteiger partial charge is 0.238 e. The number of ketones is 1. The third-order valence-corrected chi connectivity index (χ3v) is 5.62. The van der Waals surface area contributed by atoms with E-state index in [0.717, 1.165) is 12.8 Å². The van der Waals surface area contributed by atoms with E-state index in [1.54, 1.807) is 24.3 Å². The van der Waals surface area contributed by atoms with Crippen LogP contribution in [0.4, 0.5) is 5.69 Å². The van der Waals surface area contributed by atoms with E-state index in [0.29, 0.717) is 37.4 Å². The summed E-state index contributed by atoms with van der Waals surface area (Å²) in [5, 5.41) is 2.84. The summed E-state index contributed by atoms with van der Waals surface area (Å²) in [4.78, 5) is 41.0. The number of piperidine rings is 1. The molecular weight excluding hydrogens is 370 g/mol. The van der Waals surface area contributed by atoms with Gasteiger partial charge in [0.25, 0.3) is 0 Å². The van der Waals surface area contributed by atoms with E-state index in [1.165, 1.54) is 6.92 Å². The Morgan fingerprint density at radius 2 is 1.69 bits per heavy atom. The van der Waals surface area contributed by atoms with E-state index in [2.05, 4.69) is 10.2 Å². The molecule has 0 spiro atoms. The highest BCUT2D eigenvalue weighted by Gasteiger charge is 2.32. The van der Waals surface area contributed by atoms with Crippen LogP contribution in [0.1, 0.15) is 44.0 Å². The van der Waals surface area contributed by atoms with Crippen LogP contribution in [0.25, 0.3) is 0 Å². The first-order valence-corrected chi connectivity index (χ1v) is 10.4. The number of carbonyl (C=O) groups is 3. The lowest BCUT2D eigenvalue weighted by molar-refractivity contribution is -0.148. The maximum Gasteiger partial charge on any atom is 0.238 e. The number of nitrogens with one attached hydrogen (secondary N) is 1. The Morgan fingerprint density at radius 1 is 1.07 bits per heavy atom. The van der Waals surface area contributed by atoms with Gasteiger partial charge >= 0.3 is 0 Å². The fourth-order valence-corrected chi connectivity index (χ4v) is 4.25. The van der Waals surface area contributed by atoms with Gasteiger partial charge in [-0.1, -0.05) is 12.1 Å². The highest BCUT2D eigenvalue weighted by Crippen LogP contribution is 2.22. The SMILES string of the molecule is CC(=O)c1ccccc1NC(=O)CN1CCC(C(=O)N2CC(C)OC(C)C2)CC1. The van der Waals surface area contributed by atoms with Crippen molar-refractivity contribution in [3.05, 3.63) is 29.8 Å². The van der Waals surface area contributed by atoms with Crippen molar-refractivity contribution in [2.75, 3.05) is 38.0 Å². The third-order valence-electron chi connectivity index (χ3n) is 5.62. The third kappa shape index (κ3) is 5.64. The molecule has 7 nitrogen and oxygen atoms in total. The average Bonchev–Trinajstić information content (AvgIpc) is 2.67. The second-order valence-electron chi connectivity index (χ2n) is 8.20. The molecule has 2 heterocycles. The molecule has 2 aliphatic heterocycles. The number of rotatable bonds is 5. The van der Waals surface area contributed by atoms with Crippen LogP contribution >= 0.6 is 0 Å². The van der Waals surface area contributed by atoms with Crippen molar-refractivity contribution < 1.29 is 19.1 Å². The lowest BCUT2D eigenvalue weighted by atomic mass is 9.94. The van der Waals surface area contributed by atoms with Crippen molar-refractivity contribution in [1.82, 2.24) is 9.80 Å². The molecule has 158 valence electrons. The van der Waals surface area contributed by atoms with E-state index < -0.39 is 0 Å². The van der Waals surface area contributed by atoms with Gasteiger partial charge in [0, 0.05) is 24.6 Å². The Hall–Kier alpha value is -2.25. The van der Waals surface area contributed by atoms with Gasteiger partial charge in [-0.15, -0.1) is 0 Å². The number of hydrogen-bond donors (Lipinski definition) is 1. The molecule has 0 aromatic heterocycles. The number of carbonyl (C=O) groups excluding carboxylic acids is 3. The van der Waals surface area contributed by atoms with Gasteiger partial charge in [-0.2, -0.15) is 0 Å². The topological polar surface area (TPSA) is 79.0 Å². The maximum absolute atomic E-state index is 12.9. The van der Waals surface area contributed by atoms with E-state index in [9.17, 15) is 14.4 Å². The van der Waals surface area contributed by atoms with Gasteiger partial charge in [-0.05, 0) is 58.8 Å². The zero-order valence-electron chi connectivity index (χ0n) is 17.5. The van der Waals surface area contributed by atoms with Gasteiger partial charge in [0.1, 0.15) is 0 Å². The van der Waals surface area contributed by atoms with Gasteiger partial charge in [-0.25, -0.2) is 0 Å². The number of hydrogen-bond acceptors (Lipinski definition) is 5. The van der Waals surface area contributed by atoms with Crippen molar-refractivity contribution in [2.24, 2.45) is 5.92 Å². The number of nitrogens with zero attached hydrogens (tertiary/aromatic N) is 2. The molecule has 2 aliphatic rings. The summed E-state index contributed by atoms with van der Waals surface area (Å²) in [6.07, 6.45) is 1.67. The first kappa shape index (κ1) is 21.5. The highest BCUT2D eigenvalue weighted by atomic mass is 16.5. The molecule has 2 unspecified atom stereocenters. The van der Waals surface area contributed by atoms with Crippen LogP contribution < -0.4 is 5.32 Å². The minimum absolute atomic E-state index is 0.0188. The maximum atomic E-state index is 12.9. The number of benzene rings is 1. The van der Waals surface area contributed by atoms with Gasteiger partial charge < -0.3 is 15.0 Å². The molecule has 1 N–H and O–H groups in total. The summed E-state index contributed by atoms with van der Waals surface area (Å²) < 4.78 is 5.72. The molecule has 2 atom stereocenters. The molecule has 2 saturated heterocycles. The summed E-state index contributed by atoms with van der Waals surface area (Å²) >= 11 is 0. The number of likely N-dealkylation sites (tertiary alicyclic amines) is 1. The Morgan fingerprint density at radius 3 is 2.31 bits per heavy atom. The minimum Gasteiger partial charge on any atom is -0.372 e. The molecule has 2 fully saturated rings. The quantitative estimate of drug-likeness (QED) is 0.765. The first-order chi connectivity index (χ1) is 13.8. The van der Waals surface area contributed by atoms with Crippen molar-refractivity contribution in [3.8, 4) is 0 Å². The summed E-state index contributed by atoms with van der Waals surface area (Å²) in [5.74, 6) is 0.0167. The largest absolute Gasteiger partial charge is 0.372 e. The second-order valence-corrected chi connectivity index (χ2v) is 8.20. The molecule has 7 heteroatoms. The van der Waals surface area contributed by atoms with Gasteiger partial charge in [-0.3, -0.25) is 19.3 Å². The number of amides is 2. The number of para-hydroxylation sites is 1. The van der Waals surface area contributed by atoms with E-state index in [4.69, 9.17) is 4.74 Å². The number of Topliss-reactive ketones (excluding diaryl/α,β-unsaturated/α-hetero) is 1. The highest BCUT2D eigenvalue weighted by molar-refractivity contribution is 6.04. The fourth-order valence-electron chi connectivity index (χ4n) is 4.25. The van der Waals surface area contributed by atoms with Crippen molar-refractivity contribution in [1.29, 1.82) is 0 Å². The standard InChI is InChI=1S/C22H31N3O4/c1-15-12-25(13-16(2)29-15)22(28)18-8-10-24(11-9-18)14-21(27)23-20-7-5-4-6-19(20)17(3)26/h4-7,15-16,18H,8-14H2,1-3H3,(H,23,27). The van der Waals surface area contributed by atoms with E-state index >= 15 is 0 Å². The molecule has 1 aromatic rings. The molecule has 3 rings (SSSR count). The monoisotopic (exact) mass is 401 g/mol. The molecule has 2 amide bonds. The second kappa shape index (κ2) is 9.50. The van der Waals surface area contributed by atoms with Crippen LogP contribution in [-0.4, -0.2) is 72.3 Å². The number of morpholine rings is 1.